The van der Waals surface area contributed by atoms with Crippen LogP contribution in [-0.2, 0) is 9.22 Å². The molecule has 1 N–H and O–H groups in total. The van der Waals surface area contributed by atoms with Crippen molar-refractivity contribution >= 4 is 47.6 Å². The Bertz CT molecular complexity index is 740. The van der Waals surface area contributed by atoms with Crippen molar-refractivity contribution in [3.63, 3.8) is 0 Å². The SMILES string of the molecule is CC(=O)SC1CN(c2nc(C(=O)NC(CO[Si](C)(C)C(C)(C)C)CC(C)C)cs2)C1. The van der Waals surface area contributed by atoms with Crippen molar-refractivity contribution in [2.45, 2.75) is 77.4 Å². The summed E-state index contributed by atoms with van der Waals surface area (Å²) in [7, 11) is -1.87. The van der Waals surface area contributed by atoms with Gasteiger partial charge in [-0.25, -0.2) is 4.98 Å². The molecule has 0 aromatic carbocycles. The Balaban J connectivity index is 1.94. The van der Waals surface area contributed by atoms with E-state index >= 15 is 0 Å². The summed E-state index contributed by atoms with van der Waals surface area (Å²) >= 11 is 2.86. The van der Waals surface area contributed by atoms with Crippen LogP contribution < -0.4 is 10.2 Å². The number of amides is 1. The molecule has 9 heteroatoms. The number of carbonyl (C=O) groups is 2. The number of thioether (sulfide) groups is 1. The van der Waals surface area contributed by atoms with Crippen LogP contribution in [0.2, 0.25) is 18.1 Å². The van der Waals surface area contributed by atoms with Crippen LogP contribution in [0.25, 0.3) is 0 Å². The van der Waals surface area contributed by atoms with E-state index in [9.17, 15) is 9.59 Å². The van der Waals surface area contributed by atoms with Gasteiger partial charge in [-0.3, -0.25) is 9.59 Å². The number of anilines is 1. The second-order valence-corrected chi connectivity index (χ2v) is 17.1. The molecule has 1 unspecified atom stereocenters. The first-order chi connectivity index (χ1) is 13.8. The van der Waals surface area contributed by atoms with E-state index in [1.165, 1.54) is 23.1 Å². The second-order valence-electron chi connectivity index (χ2n) is 10.0. The molecule has 2 heterocycles. The lowest BCUT2D eigenvalue weighted by atomic mass is 10.0. The monoisotopic (exact) mass is 471 g/mol. The zero-order valence-corrected chi connectivity index (χ0v) is 22.2. The maximum atomic E-state index is 12.8. The molecule has 1 aromatic rings. The summed E-state index contributed by atoms with van der Waals surface area (Å²) in [5.74, 6) is 0.318. The van der Waals surface area contributed by atoms with E-state index in [4.69, 9.17) is 4.43 Å². The smallest absolute Gasteiger partial charge is 0.271 e. The Labute approximate surface area is 190 Å². The first-order valence-corrected chi connectivity index (χ1v) is 15.3. The zero-order chi connectivity index (χ0) is 22.7. The molecule has 2 rings (SSSR count). The topological polar surface area (TPSA) is 71.5 Å². The molecule has 0 radical (unpaired) electrons. The average Bonchev–Trinajstić information content (AvgIpc) is 3.03. The molecule has 1 atom stereocenters. The quantitative estimate of drug-likeness (QED) is 0.523. The number of hydrogen-bond donors (Lipinski definition) is 1. The van der Waals surface area contributed by atoms with Crippen molar-refractivity contribution in [1.29, 1.82) is 0 Å². The summed E-state index contributed by atoms with van der Waals surface area (Å²) in [5.41, 5.74) is 0.457. The fourth-order valence-corrected chi connectivity index (χ4v) is 5.80. The molecule has 0 aliphatic carbocycles. The third-order valence-corrected chi connectivity index (χ3v) is 12.1. The normalized spacial score (nSPS) is 16.5. The molecule has 30 heavy (non-hydrogen) atoms. The molecule has 1 fully saturated rings. The van der Waals surface area contributed by atoms with Crippen molar-refractivity contribution in [2.75, 3.05) is 24.6 Å². The minimum Gasteiger partial charge on any atom is -0.415 e. The van der Waals surface area contributed by atoms with Crippen LogP contribution in [0.3, 0.4) is 0 Å². The summed E-state index contributed by atoms with van der Waals surface area (Å²) in [5, 5.41) is 6.42. The van der Waals surface area contributed by atoms with E-state index in [-0.39, 0.29) is 22.1 Å². The standard InChI is InChI=1S/C21H37N3O3S2Si/c1-14(2)9-16(12-27-30(7,8)21(4,5)6)22-19(26)18-13-28-20(23-18)24-10-17(11-24)29-15(3)25/h13-14,16-17H,9-12H2,1-8H3,(H,22,26). The van der Waals surface area contributed by atoms with Gasteiger partial charge in [0.25, 0.3) is 5.91 Å². The van der Waals surface area contributed by atoms with Crippen molar-refractivity contribution in [3.8, 4) is 0 Å². The van der Waals surface area contributed by atoms with Crippen molar-refractivity contribution in [1.82, 2.24) is 10.3 Å². The second kappa shape index (κ2) is 10.1. The Morgan fingerprint density at radius 2 is 2.00 bits per heavy atom. The summed E-state index contributed by atoms with van der Waals surface area (Å²) in [4.78, 5) is 30.7. The van der Waals surface area contributed by atoms with Crippen molar-refractivity contribution in [3.05, 3.63) is 11.1 Å². The lowest BCUT2D eigenvalue weighted by molar-refractivity contribution is -0.109. The van der Waals surface area contributed by atoms with Gasteiger partial charge in [-0.2, -0.15) is 0 Å². The van der Waals surface area contributed by atoms with E-state index in [0.717, 1.165) is 24.6 Å². The molecule has 1 aromatic heterocycles. The van der Waals surface area contributed by atoms with Gasteiger partial charge in [0.2, 0.25) is 0 Å². The lowest BCUT2D eigenvalue weighted by Gasteiger charge is -2.38. The van der Waals surface area contributed by atoms with Gasteiger partial charge in [-0.05, 0) is 30.5 Å². The highest BCUT2D eigenvalue weighted by Gasteiger charge is 2.38. The highest BCUT2D eigenvalue weighted by molar-refractivity contribution is 8.14. The van der Waals surface area contributed by atoms with Crippen molar-refractivity contribution in [2.24, 2.45) is 5.92 Å². The molecular weight excluding hydrogens is 434 g/mol. The summed E-state index contributed by atoms with van der Waals surface area (Å²) in [6.07, 6.45) is 0.868. The van der Waals surface area contributed by atoms with E-state index in [1.54, 1.807) is 6.92 Å². The van der Waals surface area contributed by atoms with E-state index in [2.05, 4.69) is 62.9 Å². The van der Waals surface area contributed by atoms with Crippen LogP contribution in [0.1, 0.15) is 58.5 Å². The fourth-order valence-electron chi connectivity index (χ4n) is 2.94. The van der Waals surface area contributed by atoms with Gasteiger partial charge in [-0.1, -0.05) is 46.4 Å². The Hall–Kier alpha value is -0.903. The van der Waals surface area contributed by atoms with Crippen molar-refractivity contribution < 1.29 is 14.0 Å². The summed E-state index contributed by atoms with van der Waals surface area (Å²) in [6.45, 7) is 19.2. The van der Waals surface area contributed by atoms with Gasteiger partial charge < -0.3 is 14.6 Å². The molecule has 1 aliphatic heterocycles. The number of nitrogens with zero attached hydrogens (tertiary/aromatic N) is 2. The fraction of sp³-hybridized carbons (Fsp3) is 0.762. The number of rotatable bonds is 9. The molecule has 1 saturated heterocycles. The third-order valence-electron chi connectivity index (χ3n) is 5.72. The van der Waals surface area contributed by atoms with Gasteiger partial charge in [0.1, 0.15) is 5.69 Å². The predicted octanol–water partition coefficient (Wildman–Crippen LogP) is 4.78. The molecule has 6 nitrogen and oxygen atoms in total. The molecule has 0 spiro atoms. The number of carbonyl (C=O) groups excluding carboxylic acids is 2. The number of thiazole rings is 1. The van der Waals surface area contributed by atoms with E-state index in [1.807, 2.05) is 5.38 Å². The van der Waals surface area contributed by atoms with Crippen LogP contribution in [0.4, 0.5) is 5.13 Å². The van der Waals surface area contributed by atoms with Gasteiger partial charge in [0.15, 0.2) is 18.6 Å². The van der Waals surface area contributed by atoms with E-state index < -0.39 is 8.32 Å². The molecule has 0 saturated carbocycles. The summed E-state index contributed by atoms with van der Waals surface area (Å²) in [6, 6.07) is -0.0304. The largest absolute Gasteiger partial charge is 0.415 e. The Kier molecular flexibility index (Phi) is 8.57. The highest BCUT2D eigenvalue weighted by Crippen LogP contribution is 2.36. The molecule has 1 amide bonds. The molecular formula is C21H37N3O3S2Si. The predicted molar refractivity (Wildman–Crippen MR) is 130 cm³/mol. The zero-order valence-electron chi connectivity index (χ0n) is 19.6. The first kappa shape index (κ1) is 25.4. The van der Waals surface area contributed by atoms with E-state index in [0.29, 0.717) is 23.5 Å². The maximum absolute atomic E-state index is 12.8. The molecule has 170 valence electrons. The van der Waals surface area contributed by atoms with Crippen LogP contribution in [0.5, 0.6) is 0 Å². The Morgan fingerprint density at radius 3 is 2.53 bits per heavy atom. The number of hydrogen-bond acceptors (Lipinski definition) is 7. The van der Waals surface area contributed by atoms with Gasteiger partial charge in [0.05, 0.1) is 12.6 Å². The van der Waals surface area contributed by atoms with Crippen LogP contribution in [0.15, 0.2) is 5.38 Å². The van der Waals surface area contributed by atoms with Crippen LogP contribution in [-0.4, -0.2) is 55.3 Å². The first-order valence-electron chi connectivity index (χ1n) is 10.6. The third kappa shape index (κ3) is 7.07. The average molecular weight is 472 g/mol. The number of aromatic nitrogens is 1. The van der Waals surface area contributed by atoms with Crippen LogP contribution in [0, 0.1) is 5.92 Å². The summed E-state index contributed by atoms with van der Waals surface area (Å²) < 4.78 is 6.38. The number of nitrogens with one attached hydrogen (secondary N) is 1. The lowest BCUT2D eigenvalue weighted by Crippen LogP contribution is -2.49. The Morgan fingerprint density at radius 1 is 1.37 bits per heavy atom. The van der Waals surface area contributed by atoms with Gasteiger partial charge >= 0.3 is 0 Å². The van der Waals surface area contributed by atoms with Gasteiger partial charge in [0, 0.05) is 30.6 Å². The molecule has 0 bridgehead atoms. The minimum absolute atomic E-state index is 0.0304. The van der Waals surface area contributed by atoms with Gasteiger partial charge in [-0.15, -0.1) is 11.3 Å². The highest BCUT2D eigenvalue weighted by atomic mass is 32.2. The maximum Gasteiger partial charge on any atom is 0.271 e. The van der Waals surface area contributed by atoms with Crippen LogP contribution >= 0.6 is 23.1 Å². The molecule has 1 aliphatic rings. The minimum atomic E-state index is -1.87.